The van der Waals surface area contributed by atoms with E-state index in [0.29, 0.717) is 37.2 Å². The van der Waals surface area contributed by atoms with Gasteiger partial charge in [0.05, 0.1) is 22.5 Å². The van der Waals surface area contributed by atoms with Gasteiger partial charge in [0.25, 0.3) is 11.6 Å². The van der Waals surface area contributed by atoms with Crippen LogP contribution in [0.1, 0.15) is 23.2 Å². The van der Waals surface area contributed by atoms with Gasteiger partial charge in [-0.3, -0.25) is 14.9 Å². The second-order valence-electron chi connectivity index (χ2n) is 6.64. The molecule has 0 radical (unpaired) electrons. The third kappa shape index (κ3) is 4.72. The molecule has 1 N–H and O–H groups in total. The van der Waals surface area contributed by atoms with Gasteiger partial charge in [-0.25, -0.2) is 13.1 Å². The molecule has 1 aliphatic heterocycles. The summed E-state index contributed by atoms with van der Waals surface area (Å²) in [6.07, 6.45) is 0.931. The molecule has 1 fully saturated rings. The van der Waals surface area contributed by atoms with Crippen molar-refractivity contribution >= 4 is 21.6 Å². The van der Waals surface area contributed by atoms with Crippen molar-refractivity contribution in [2.24, 2.45) is 0 Å². The third-order valence-electron chi connectivity index (χ3n) is 4.80. The highest BCUT2D eigenvalue weighted by Gasteiger charge is 2.28. The van der Waals surface area contributed by atoms with Crippen molar-refractivity contribution in [1.82, 2.24) is 9.62 Å². The Labute approximate surface area is 168 Å². The van der Waals surface area contributed by atoms with Crippen LogP contribution in [0.5, 0.6) is 5.75 Å². The molecule has 0 spiro atoms. The zero-order valence-corrected chi connectivity index (χ0v) is 16.6. The van der Waals surface area contributed by atoms with Crippen molar-refractivity contribution in [3.05, 3.63) is 64.2 Å². The maximum absolute atomic E-state index is 12.7. The van der Waals surface area contributed by atoms with Gasteiger partial charge < -0.3 is 9.64 Å². The molecule has 0 aromatic heterocycles. The zero-order valence-electron chi connectivity index (χ0n) is 15.8. The van der Waals surface area contributed by atoms with Crippen LogP contribution in [0.25, 0.3) is 0 Å². The van der Waals surface area contributed by atoms with Crippen LogP contribution in [0.15, 0.2) is 53.4 Å². The smallest absolute Gasteiger partial charge is 0.269 e. The van der Waals surface area contributed by atoms with E-state index >= 15 is 0 Å². The summed E-state index contributed by atoms with van der Waals surface area (Å²) < 4.78 is 32.9. The molecule has 154 valence electrons. The van der Waals surface area contributed by atoms with Gasteiger partial charge >= 0.3 is 0 Å². The number of rotatable bonds is 6. The van der Waals surface area contributed by atoms with Crippen LogP contribution in [0.2, 0.25) is 0 Å². The fourth-order valence-electron chi connectivity index (χ4n) is 3.23. The molecule has 2 aromatic carbocycles. The molecule has 2 aromatic rings. The molecule has 1 heterocycles. The third-order valence-corrected chi connectivity index (χ3v) is 6.34. The number of benzene rings is 2. The first kappa shape index (κ1) is 20.7. The first-order chi connectivity index (χ1) is 13.8. The highest BCUT2D eigenvalue weighted by atomic mass is 32.2. The van der Waals surface area contributed by atoms with Gasteiger partial charge in [-0.1, -0.05) is 12.1 Å². The van der Waals surface area contributed by atoms with E-state index in [9.17, 15) is 23.3 Å². The van der Waals surface area contributed by atoms with Crippen molar-refractivity contribution in [3.63, 3.8) is 0 Å². The van der Waals surface area contributed by atoms with Crippen molar-refractivity contribution in [1.29, 1.82) is 0 Å². The van der Waals surface area contributed by atoms with Crippen LogP contribution in [0.3, 0.4) is 0 Å². The van der Waals surface area contributed by atoms with Crippen LogP contribution >= 0.6 is 0 Å². The van der Waals surface area contributed by atoms with Gasteiger partial charge in [-0.2, -0.15) is 0 Å². The maximum atomic E-state index is 12.7. The highest BCUT2D eigenvalue weighted by Crippen LogP contribution is 2.23. The molecule has 29 heavy (non-hydrogen) atoms. The van der Waals surface area contributed by atoms with Gasteiger partial charge in [0.15, 0.2) is 0 Å². The normalized spacial score (nSPS) is 15.1. The van der Waals surface area contributed by atoms with Crippen LogP contribution in [-0.2, 0) is 10.0 Å². The van der Waals surface area contributed by atoms with Crippen LogP contribution in [0.4, 0.5) is 5.69 Å². The summed E-state index contributed by atoms with van der Waals surface area (Å²) in [6.45, 7) is 0.814. The average molecular weight is 419 g/mol. The van der Waals surface area contributed by atoms with Gasteiger partial charge in [-0.05, 0) is 37.1 Å². The second-order valence-corrected chi connectivity index (χ2v) is 8.35. The first-order valence-corrected chi connectivity index (χ1v) is 10.5. The number of piperidine rings is 1. The quantitative estimate of drug-likeness (QED) is 0.566. The summed E-state index contributed by atoms with van der Waals surface area (Å²) in [5.41, 5.74) is 0.298. The lowest BCUT2D eigenvalue weighted by molar-refractivity contribution is -0.384. The lowest BCUT2D eigenvalue weighted by atomic mass is 10.0. The summed E-state index contributed by atoms with van der Waals surface area (Å²) in [5, 5.41) is 10.7. The maximum Gasteiger partial charge on any atom is 0.269 e. The Hall–Kier alpha value is -2.98. The van der Waals surface area contributed by atoms with E-state index in [2.05, 4.69) is 4.72 Å². The molecular weight excluding hydrogens is 398 g/mol. The lowest BCUT2D eigenvalue weighted by Gasteiger charge is -2.32. The summed E-state index contributed by atoms with van der Waals surface area (Å²) in [4.78, 5) is 24.5. The summed E-state index contributed by atoms with van der Waals surface area (Å²) in [6, 6.07) is 11.4. The molecular formula is C19H21N3O6S. The number of methoxy groups -OCH3 is 1. The number of para-hydroxylation sites is 1. The molecule has 3 rings (SSSR count). The Kier molecular flexibility index (Phi) is 6.14. The summed E-state index contributed by atoms with van der Waals surface area (Å²) in [5.74, 6) is 0.345. The molecule has 9 nitrogen and oxygen atoms in total. The number of non-ortho nitro benzene ring substituents is 1. The lowest BCUT2D eigenvalue weighted by Crippen LogP contribution is -2.46. The fraction of sp³-hybridized carbons (Fsp3) is 0.316. The predicted octanol–water partition coefficient (Wildman–Crippen LogP) is 2.19. The van der Waals surface area contributed by atoms with E-state index in [1.54, 1.807) is 29.2 Å². The van der Waals surface area contributed by atoms with Crippen molar-refractivity contribution in [3.8, 4) is 5.75 Å². The number of hydrogen-bond donors (Lipinski definition) is 1. The Bertz CT molecular complexity index is 999. The number of hydrogen-bond acceptors (Lipinski definition) is 6. The minimum atomic E-state index is -3.80. The van der Waals surface area contributed by atoms with Gasteiger partial charge in [0.2, 0.25) is 10.0 Å². The molecule has 10 heteroatoms. The van der Waals surface area contributed by atoms with E-state index in [0.717, 1.165) is 12.1 Å². The summed E-state index contributed by atoms with van der Waals surface area (Å²) >= 11 is 0. The zero-order chi connectivity index (χ0) is 21.0. The van der Waals surface area contributed by atoms with Crippen LogP contribution < -0.4 is 9.46 Å². The predicted molar refractivity (Wildman–Crippen MR) is 105 cm³/mol. The minimum absolute atomic E-state index is 0.0318. The molecule has 0 bridgehead atoms. The molecule has 1 amide bonds. The number of nitro benzene ring substituents is 1. The number of nitro groups is 1. The van der Waals surface area contributed by atoms with Crippen molar-refractivity contribution < 1.29 is 22.9 Å². The van der Waals surface area contributed by atoms with E-state index in [1.165, 1.54) is 19.2 Å². The number of amides is 1. The Morgan fingerprint density at radius 2 is 1.76 bits per heavy atom. The molecule has 0 unspecified atom stereocenters. The van der Waals surface area contributed by atoms with Crippen LogP contribution in [0, 0.1) is 10.1 Å². The second kappa shape index (κ2) is 8.58. The average Bonchev–Trinajstić information content (AvgIpc) is 2.73. The number of likely N-dealkylation sites (tertiary alicyclic amines) is 1. The Morgan fingerprint density at radius 1 is 1.14 bits per heavy atom. The topological polar surface area (TPSA) is 119 Å². The van der Waals surface area contributed by atoms with Gasteiger partial charge in [0, 0.05) is 31.3 Å². The standard InChI is InChI=1S/C19H21N3O6S/c1-28-18-5-3-2-4-17(18)19(23)21-12-10-14(11-13-21)20-29(26,27)16-8-6-15(7-9-16)22(24)25/h2-9,14,20H,10-13H2,1H3. The highest BCUT2D eigenvalue weighted by molar-refractivity contribution is 7.89. The number of nitrogens with one attached hydrogen (secondary N) is 1. The summed E-state index contributed by atoms with van der Waals surface area (Å²) in [7, 11) is -2.29. The molecule has 1 aliphatic rings. The Morgan fingerprint density at radius 3 is 2.34 bits per heavy atom. The van der Waals surface area contributed by atoms with Gasteiger partial charge in [-0.15, -0.1) is 0 Å². The van der Waals surface area contributed by atoms with E-state index in [-0.39, 0.29) is 22.5 Å². The van der Waals surface area contributed by atoms with Crippen molar-refractivity contribution in [2.45, 2.75) is 23.8 Å². The number of carbonyl (C=O) groups excluding carboxylic acids is 1. The van der Waals surface area contributed by atoms with E-state index in [4.69, 9.17) is 4.74 Å². The van der Waals surface area contributed by atoms with Crippen LogP contribution in [-0.4, -0.2) is 50.4 Å². The van der Waals surface area contributed by atoms with E-state index < -0.39 is 14.9 Å². The van der Waals surface area contributed by atoms with Gasteiger partial charge in [0.1, 0.15) is 5.75 Å². The monoisotopic (exact) mass is 419 g/mol. The molecule has 0 saturated carbocycles. The fourth-order valence-corrected chi connectivity index (χ4v) is 4.53. The first-order valence-electron chi connectivity index (χ1n) is 9.01. The number of carbonyl (C=O) groups is 1. The largest absolute Gasteiger partial charge is 0.496 e. The number of sulfonamides is 1. The minimum Gasteiger partial charge on any atom is -0.496 e. The number of ether oxygens (including phenoxy) is 1. The SMILES string of the molecule is COc1ccccc1C(=O)N1CCC(NS(=O)(=O)c2ccc([N+](=O)[O-])cc2)CC1. The Balaban J connectivity index is 1.62. The van der Waals surface area contributed by atoms with Crippen molar-refractivity contribution in [2.75, 3.05) is 20.2 Å². The molecule has 0 atom stereocenters. The molecule has 0 aliphatic carbocycles. The van der Waals surface area contributed by atoms with E-state index in [1.807, 2.05) is 0 Å². The number of nitrogens with zero attached hydrogens (tertiary/aromatic N) is 2. The molecule has 1 saturated heterocycles.